The lowest BCUT2D eigenvalue weighted by molar-refractivity contribution is 0.0943. The number of halogens is 1. The minimum atomic E-state index is -0.403. The largest absolute Gasteiger partial charge is 0.385 e. The van der Waals surface area contributed by atoms with Crippen LogP contribution in [0.25, 0.3) is 0 Å². The Balaban J connectivity index is 2.05. The lowest BCUT2D eigenvalue weighted by Gasteiger charge is -2.09. The van der Waals surface area contributed by atoms with Crippen molar-refractivity contribution in [1.29, 1.82) is 0 Å². The molecule has 0 aliphatic carbocycles. The van der Waals surface area contributed by atoms with Crippen LogP contribution in [0.1, 0.15) is 33.0 Å². The highest BCUT2D eigenvalue weighted by Crippen LogP contribution is 2.20. The molecule has 2 N–H and O–H groups in total. The van der Waals surface area contributed by atoms with E-state index in [1.54, 1.807) is 37.4 Å². The van der Waals surface area contributed by atoms with E-state index < -0.39 is 5.91 Å². The zero-order chi connectivity index (χ0) is 18.2. The molecule has 0 fully saturated rings. The molecule has 0 saturated carbocycles. The molecule has 2 rings (SSSR count). The summed E-state index contributed by atoms with van der Waals surface area (Å²) in [4.78, 5) is 28.6. The van der Waals surface area contributed by atoms with Crippen LogP contribution in [0, 0.1) is 6.92 Å². The standard InChI is InChI=1S/C18H20ClN3O3/c1-12-7-8-13(19)11-16(12)22-18(24)15-6-3-5-14(21-15)17(23)20-9-4-10-25-2/h3,5-8,11H,4,9-10H2,1-2H3,(H,20,23)(H,22,24). The third-order valence-corrected chi connectivity index (χ3v) is 3.71. The summed E-state index contributed by atoms with van der Waals surface area (Å²) in [6, 6.07) is 9.97. The number of carbonyl (C=O) groups is 2. The number of nitrogens with zero attached hydrogens (tertiary/aromatic N) is 1. The molecule has 2 amide bonds. The number of rotatable bonds is 7. The van der Waals surface area contributed by atoms with Crippen LogP contribution in [0.2, 0.25) is 5.02 Å². The van der Waals surface area contributed by atoms with Crippen molar-refractivity contribution < 1.29 is 14.3 Å². The summed E-state index contributed by atoms with van der Waals surface area (Å²) in [6.45, 7) is 2.91. The Bertz CT molecular complexity index is 765. The highest BCUT2D eigenvalue weighted by molar-refractivity contribution is 6.31. The van der Waals surface area contributed by atoms with Crippen molar-refractivity contribution in [3.63, 3.8) is 0 Å². The van der Waals surface area contributed by atoms with Crippen molar-refractivity contribution in [2.24, 2.45) is 0 Å². The topological polar surface area (TPSA) is 80.3 Å². The van der Waals surface area contributed by atoms with Gasteiger partial charge in [0.15, 0.2) is 0 Å². The van der Waals surface area contributed by atoms with Gasteiger partial charge in [-0.05, 0) is 43.2 Å². The van der Waals surface area contributed by atoms with E-state index in [4.69, 9.17) is 16.3 Å². The van der Waals surface area contributed by atoms with E-state index in [1.165, 1.54) is 0 Å². The fourth-order valence-corrected chi connectivity index (χ4v) is 2.28. The number of ether oxygens (including phenoxy) is 1. The first-order valence-corrected chi connectivity index (χ1v) is 8.20. The van der Waals surface area contributed by atoms with E-state index in [0.717, 1.165) is 5.56 Å². The summed E-state index contributed by atoms with van der Waals surface area (Å²) in [6.07, 6.45) is 0.705. The third kappa shape index (κ3) is 5.55. The van der Waals surface area contributed by atoms with Crippen LogP contribution in [-0.4, -0.2) is 37.1 Å². The summed E-state index contributed by atoms with van der Waals surface area (Å²) in [5.74, 6) is -0.732. The van der Waals surface area contributed by atoms with Crippen molar-refractivity contribution >= 4 is 29.1 Å². The summed E-state index contributed by atoms with van der Waals surface area (Å²) in [7, 11) is 1.60. The average molecular weight is 362 g/mol. The minimum absolute atomic E-state index is 0.156. The number of hydrogen-bond acceptors (Lipinski definition) is 4. The van der Waals surface area contributed by atoms with Gasteiger partial charge < -0.3 is 15.4 Å². The summed E-state index contributed by atoms with van der Waals surface area (Å²) < 4.78 is 4.93. The lowest BCUT2D eigenvalue weighted by Crippen LogP contribution is -2.27. The highest BCUT2D eigenvalue weighted by atomic mass is 35.5. The second-order valence-corrected chi connectivity index (χ2v) is 5.86. The van der Waals surface area contributed by atoms with Crippen LogP contribution < -0.4 is 10.6 Å². The van der Waals surface area contributed by atoms with Crippen LogP contribution >= 0.6 is 11.6 Å². The molecule has 25 heavy (non-hydrogen) atoms. The Kier molecular flexibility index (Phi) is 6.91. The van der Waals surface area contributed by atoms with Gasteiger partial charge in [-0.1, -0.05) is 23.7 Å². The average Bonchev–Trinajstić information content (AvgIpc) is 2.61. The SMILES string of the molecule is COCCCNC(=O)c1cccc(C(=O)Nc2cc(Cl)ccc2C)n1. The maximum atomic E-state index is 12.4. The van der Waals surface area contributed by atoms with Crippen LogP contribution in [0.4, 0.5) is 5.69 Å². The number of hydrogen-bond donors (Lipinski definition) is 2. The number of anilines is 1. The molecular formula is C18H20ClN3O3. The Morgan fingerprint density at radius 3 is 2.60 bits per heavy atom. The predicted molar refractivity (Wildman–Crippen MR) is 97.2 cm³/mol. The molecule has 132 valence electrons. The molecule has 1 aromatic carbocycles. The van der Waals surface area contributed by atoms with Crippen molar-refractivity contribution in [3.8, 4) is 0 Å². The van der Waals surface area contributed by atoms with Crippen molar-refractivity contribution in [2.75, 3.05) is 25.6 Å². The van der Waals surface area contributed by atoms with Crippen molar-refractivity contribution in [1.82, 2.24) is 10.3 Å². The van der Waals surface area contributed by atoms with Gasteiger partial charge in [0.1, 0.15) is 11.4 Å². The molecule has 0 bridgehead atoms. The van der Waals surface area contributed by atoms with Gasteiger partial charge in [0.25, 0.3) is 11.8 Å². The van der Waals surface area contributed by atoms with Gasteiger partial charge in [-0.15, -0.1) is 0 Å². The number of aryl methyl sites for hydroxylation is 1. The van der Waals surface area contributed by atoms with E-state index in [9.17, 15) is 9.59 Å². The van der Waals surface area contributed by atoms with E-state index in [-0.39, 0.29) is 17.3 Å². The van der Waals surface area contributed by atoms with Gasteiger partial charge in [-0.2, -0.15) is 0 Å². The quantitative estimate of drug-likeness (QED) is 0.743. The Labute approximate surface area is 151 Å². The summed E-state index contributed by atoms with van der Waals surface area (Å²) >= 11 is 5.96. The number of methoxy groups -OCH3 is 1. The van der Waals surface area contributed by atoms with Gasteiger partial charge in [0.2, 0.25) is 0 Å². The maximum Gasteiger partial charge on any atom is 0.274 e. The van der Waals surface area contributed by atoms with Gasteiger partial charge in [0.05, 0.1) is 0 Å². The second-order valence-electron chi connectivity index (χ2n) is 5.42. The van der Waals surface area contributed by atoms with Crippen molar-refractivity contribution in [3.05, 3.63) is 58.4 Å². The highest BCUT2D eigenvalue weighted by Gasteiger charge is 2.13. The fourth-order valence-electron chi connectivity index (χ4n) is 2.11. The molecule has 0 aliphatic heterocycles. The number of amides is 2. The zero-order valence-corrected chi connectivity index (χ0v) is 14.9. The first-order chi connectivity index (χ1) is 12.0. The molecule has 0 unspecified atom stereocenters. The normalized spacial score (nSPS) is 10.4. The summed E-state index contributed by atoms with van der Waals surface area (Å²) in [5.41, 5.74) is 1.83. The molecule has 0 radical (unpaired) electrons. The minimum Gasteiger partial charge on any atom is -0.385 e. The number of benzene rings is 1. The second kappa shape index (κ2) is 9.15. The fraction of sp³-hybridized carbons (Fsp3) is 0.278. The Morgan fingerprint density at radius 2 is 1.88 bits per heavy atom. The Hall–Kier alpha value is -2.44. The lowest BCUT2D eigenvalue weighted by atomic mass is 10.2. The smallest absolute Gasteiger partial charge is 0.274 e. The van der Waals surface area contributed by atoms with E-state index in [1.807, 2.05) is 13.0 Å². The predicted octanol–water partition coefficient (Wildman–Crippen LogP) is 3.06. The molecule has 1 heterocycles. The number of carbonyl (C=O) groups excluding carboxylic acids is 2. The molecule has 2 aromatic rings. The van der Waals surface area contributed by atoms with Gasteiger partial charge in [-0.25, -0.2) is 4.98 Å². The molecule has 1 aromatic heterocycles. The first-order valence-electron chi connectivity index (χ1n) is 7.83. The molecule has 0 aliphatic rings. The van der Waals surface area contributed by atoms with Crippen LogP contribution in [-0.2, 0) is 4.74 Å². The van der Waals surface area contributed by atoms with Crippen LogP contribution in [0.3, 0.4) is 0 Å². The van der Waals surface area contributed by atoms with E-state index in [0.29, 0.717) is 30.3 Å². The molecular weight excluding hydrogens is 342 g/mol. The number of aromatic nitrogens is 1. The Morgan fingerprint density at radius 1 is 1.16 bits per heavy atom. The zero-order valence-electron chi connectivity index (χ0n) is 14.1. The molecule has 0 saturated heterocycles. The molecule has 7 heteroatoms. The number of nitrogens with one attached hydrogen (secondary N) is 2. The molecule has 0 atom stereocenters. The van der Waals surface area contributed by atoms with E-state index in [2.05, 4.69) is 15.6 Å². The van der Waals surface area contributed by atoms with Gasteiger partial charge in [0, 0.05) is 31.0 Å². The van der Waals surface area contributed by atoms with Gasteiger partial charge in [-0.3, -0.25) is 9.59 Å². The van der Waals surface area contributed by atoms with Crippen molar-refractivity contribution in [2.45, 2.75) is 13.3 Å². The number of pyridine rings is 1. The molecule has 6 nitrogen and oxygen atoms in total. The third-order valence-electron chi connectivity index (χ3n) is 3.47. The van der Waals surface area contributed by atoms with Crippen LogP contribution in [0.5, 0.6) is 0 Å². The van der Waals surface area contributed by atoms with Crippen LogP contribution in [0.15, 0.2) is 36.4 Å². The monoisotopic (exact) mass is 361 g/mol. The van der Waals surface area contributed by atoms with Gasteiger partial charge >= 0.3 is 0 Å². The van der Waals surface area contributed by atoms with E-state index >= 15 is 0 Å². The first kappa shape index (κ1) is 18.9. The maximum absolute atomic E-state index is 12.4. The summed E-state index contributed by atoms with van der Waals surface area (Å²) in [5, 5.41) is 6.02. The molecule has 0 spiro atoms.